The van der Waals surface area contributed by atoms with Crippen LogP contribution in [0.25, 0.3) is 5.69 Å². The Kier molecular flexibility index (Phi) is 3.29. The molecule has 88 valence electrons. The summed E-state index contributed by atoms with van der Waals surface area (Å²) in [5.74, 6) is -0.898. The summed E-state index contributed by atoms with van der Waals surface area (Å²) in [5, 5.41) is 19.3. The van der Waals surface area contributed by atoms with Crippen molar-refractivity contribution in [2.75, 3.05) is 11.9 Å². The predicted octanol–water partition coefficient (Wildman–Crippen LogP) is 1.05. The van der Waals surface area contributed by atoms with Crippen molar-refractivity contribution >= 4 is 24.3 Å². The summed E-state index contributed by atoms with van der Waals surface area (Å²) in [4.78, 5) is 10.4. The van der Waals surface area contributed by atoms with Crippen LogP contribution in [0.5, 0.6) is 0 Å². The summed E-state index contributed by atoms with van der Waals surface area (Å²) < 4.78 is 1.71. The van der Waals surface area contributed by atoms with E-state index in [0.717, 1.165) is 11.4 Å². The molecule has 0 aliphatic heterocycles. The lowest BCUT2D eigenvalue weighted by Gasteiger charge is -2.06. The van der Waals surface area contributed by atoms with Crippen LogP contribution in [0.2, 0.25) is 0 Å². The predicted molar refractivity (Wildman–Crippen MR) is 64.7 cm³/mol. The Morgan fingerprint density at radius 1 is 1.41 bits per heavy atom. The van der Waals surface area contributed by atoms with Gasteiger partial charge in [0, 0.05) is 11.4 Å². The van der Waals surface area contributed by atoms with Gasteiger partial charge in [0.2, 0.25) is 0 Å². The van der Waals surface area contributed by atoms with Crippen molar-refractivity contribution in [3.63, 3.8) is 0 Å². The molecule has 0 aliphatic carbocycles. The number of aromatic nitrogens is 3. The molecule has 0 atom stereocenters. The number of benzene rings is 1. The molecule has 1 aromatic heterocycles. The van der Waals surface area contributed by atoms with Gasteiger partial charge in [-0.2, -0.15) is 0 Å². The zero-order valence-corrected chi connectivity index (χ0v) is 9.63. The lowest BCUT2D eigenvalue weighted by atomic mass is 10.3. The Labute approximate surface area is 103 Å². The van der Waals surface area contributed by atoms with Gasteiger partial charge in [0.05, 0.1) is 0 Å². The summed E-state index contributed by atoms with van der Waals surface area (Å²) in [7, 11) is 0. The number of carboxylic acid groups (broad SMARTS) is 1. The molecule has 2 N–H and O–H groups in total. The summed E-state index contributed by atoms with van der Waals surface area (Å²) >= 11 is 4.15. The largest absolute Gasteiger partial charge is 0.480 e. The number of carbonyl (C=O) groups is 1. The first-order chi connectivity index (χ1) is 8.16. The number of anilines is 1. The number of carboxylic acids is 1. The zero-order chi connectivity index (χ0) is 12.3. The lowest BCUT2D eigenvalue weighted by molar-refractivity contribution is -0.134. The van der Waals surface area contributed by atoms with Crippen LogP contribution < -0.4 is 5.32 Å². The molecule has 2 aromatic rings. The van der Waals surface area contributed by atoms with Crippen LogP contribution in [0.3, 0.4) is 0 Å². The number of hydrogen-bond donors (Lipinski definition) is 3. The van der Waals surface area contributed by atoms with E-state index in [9.17, 15) is 4.79 Å². The highest BCUT2D eigenvalue weighted by atomic mass is 32.1. The smallest absolute Gasteiger partial charge is 0.322 e. The van der Waals surface area contributed by atoms with Crippen LogP contribution in [-0.2, 0) is 4.79 Å². The molecule has 17 heavy (non-hydrogen) atoms. The quantitative estimate of drug-likeness (QED) is 0.707. The van der Waals surface area contributed by atoms with Crippen LogP contribution >= 0.6 is 12.6 Å². The average molecular weight is 250 g/mol. The molecule has 0 unspecified atom stereocenters. The van der Waals surface area contributed by atoms with Crippen LogP contribution in [0.4, 0.5) is 5.69 Å². The Morgan fingerprint density at radius 3 is 2.65 bits per heavy atom. The number of rotatable bonds is 4. The molecular weight excluding hydrogens is 240 g/mol. The second kappa shape index (κ2) is 4.88. The van der Waals surface area contributed by atoms with E-state index < -0.39 is 5.97 Å². The highest BCUT2D eigenvalue weighted by Gasteiger charge is 2.02. The third-order valence-electron chi connectivity index (χ3n) is 2.12. The fourth-order valence-corrected chi connectivity index (χ4v) is 1.55. The molecular formula is C10H10N4O2S. The van der Waals surface area contributed by atoms with Gasteiger partial charge in [0.15, 0.2) is 5.16 Å². The van der Waals surface area contributed by atoms with Gasteiger partial charge < -0.3 is 10.4 Å². The van der Waals surface area contributed by atoms with E-state index in [1.165, 1.54) is 0 Å². The minimum Gasteiger partial charge on any atom is -0.480 e. The van der Waals surface area contributed by atoms with Gasteiger partial charge in [-0.1, -0.05) is 0 Å². The lowest BCUT2D eigenvalue weighted by Crippen LogP contribution is -2.12. The van der Waals surface area contributed by atoms with E-state index in [1.54, 1.807) is 23.0 Å². The van der Waals surface area contributed by atoms with Crippen molar-refractivity contribution in [1.29, 1.82) is 0 Å². The third kappa shape index (κ3) is 2.76. The van der Waals surface area contributed by atoms with E-state index in [-0.39, 0.29) is 6.54 Å². The van der Waals surface area contributed by atoms with Gasteiger partial charge in [0.25, 0.3) is 0 Å². The van der Waals surface area contributed by atoms with Crippen molar-refractivity contribution in [2.45, 2.75) is 5.16 Å². The molecule has 0 bridgehead atoms. The molecule has 6 nitrogen and oxygen atoms in total. The Hall–Kier alpha value is -2.02. The van der Waals surface area contributed by atoms with Gasteiger partial charge >= 0.3 is 5.97 Å². The number of nitrogens with zero attached hydrogens (tertiary/aromatic N) is 3. The number of thiol groups is 1. The molecule has 0 fully saturated rings. The molecule has 1 aromatic carbocycles. The minimum absolute atomic E-state index is 0.107. The molecule has 0 amide bonds. The number of hydrogen-bond acceptors (Lipinski definition) is 5. The SMILES string of the molecule is O=C(O)CNc1ccc(-n2cnnc2S)cc1. The molecule has 2 rings (SSSR count). The van der Waals surface area contributed by atoms with Crippen LogP contribution in [0.15, 0.2) is 35.7 Å². The van der Waals surface area contributed by atoms with Crippen molar-refractivity contribution in [3.05, 3.63) is 30.6 Å². The molecule has 0 saturated heterocycles. The minimum atomic E-state index is -0.898. The van der Waals surface area contributed by atoms with Gasteiger partial charge in [-0.05, 0) is 24.3 Å². The van der Waals surface area contributed by atoms with E-state index in [1.807, 2.05) is 12.1 Å². The topological polar surface area (TPSA) is 80.0 Å². The van der Waals surface area contributed by atoms with Crippen molar-refractivity contribution < 1.29 is 9.90 Å². The van der Waals surface area contributed by atoms with Crippen LogP contribution in [0.1, 0.15) is 0 Å². The molecule has 0 radical (unpaired) electrons. The number of aliphatic carboxylic acids is 1. The first-order valence-electron chi connectivity index (χ1n) is 4.82. The first kappa shape index (κ1) is 11.5. The summed E-state index contributed by atoms with van der Waals surface area (Å²) in [5.41, 5.74) is 1.60. The van der Waals surface area contributed by atoms with E-state index in [2.05, 4.69) is 28.1 Å². The molecule has 1 heterocycles. The second-order valence-electron chi connectivity index (χ2n) is 3.30. The fourth-order valence-electron chi connectivity index (χ4n) is 1.33. The first-order valence-corrected chi connectivity index (χ1v) is 5.26. The Balaban J connectivity index is 2.13. The summed E-state index contributed by atoms with van der Waals surface area (Å²) in [6.45, 7) is -0.107. The zero-order valence-electron chi connectivity index (χ0n) is 8.74. The summed E-state index contributed by atoms with van der Waals surface area (Å²) in [6.07, 6.45) is 1.56. The van der Waals surface area contributed by atoms with Crippen molar-refractivity contribution in [3.8, 4) is 5.69 Å². The highest BCUT2D eigenvalue weighted by Crippen LogP contribution is 2.15. The monoisotopic (exact) mass is 250 g/mol. The normalized spacial score (nSPS) is 10.2. The Morgan fingerprint density at radius 2 is 2.12 bits per heavy atom. The van der Waals surface area contributed by atoms with E-state index in [0.29, 0.717) is 5.16 Å². The van der Waals surface area contributed by atoms with E-state index >= 15 is 0 Å². The van der Waals surface area contributed by atoms with Gasteiger partial charge in [-0.25, -0.2) is 0 Å². The maximum absolute atomic E-state index is 10.4. The van der Waals surface area contributed by atoms with Gasteiger partial charge in [0.1, 0.15) is 12.9 Å². The van der Waals surface area contributed by atoms with Crippen LogP contribution in [0, 0.1) is 0 Å². The molecule has 0 spiro atoms. The second-order valence-corrected chi connectivity index (χ2v) is 3.70. The maximum Gasteiger partial charge on any atom is 0.322 e. The van der Waals surface area contributed by atoms with Crippen molar-refractivity contribution in [2.24, 2.45) is 0 Å². The maximum atomic E-state index is 10.4. The molecule has 0 saturated carbocycles. The average Bonchev–Trinajstić information content (AvgIpc) is 2.73. The molecule has 7 heteroatoms. The van der Waals surface area contributed by atoms with E-state index in [4.69, 9.17) is 5.11 Å². The van der Waals surface area contributed by atoms with Gasteiger partial charge in [-0.3, -0.25) is 9.36 Å². The van der Waals surface area contributed by atoms with Gasteiger partial charge in [-0.15, -0.1) is 22.8 Å². The summed E-state index contributed by atoms with van der Waals surface area (Å²) in [6, 6.07) is 7.22. The standard InChI is InChI=1S/C10H10N4O2S/c15-9(16)5-11-7-1-3-8(4-2-7)14-6-12-13-10(14)17/h1-4,6,11H,5H2,(H,13,17)(H,15,16). The number of nitrogens with one attached hydrogen (secondary N) is 1. The third-order valence-corrected chi connectivity index (χ3v) is 2.42. The molecule has 0 aliphatic rings. The highest BCUT2D eigenvalue weighted by molar-refractivity contribution is 7.80. The van der Waals surface area contributed by atoms with Crippen LogP contribution in [-0.4, -0.2) is 32.4 Å². The fraction of sp³-hybridized carbons (Fsp3) is 0.100. The van der Waals surface area contributed by atoms with Crippen molar-refractivity contribution in [1.82, 2.24) is 14.8 Å². The Bertz CT molecular complexity index is 523.